The van der Waals surface area contributed by atoms with E-state index in [2.05, 4.69) is 5.32 Å². The Labute approximate surface area is 136 Å². The lowest BCUT2D eigenvalue weighted by molar-refractivity contribution is 0.263. The van der Waals surface area contributed by atoms with E-state index in [-0.39, 0.29) is 40.0 Å². The van der Waals surface area contributed by atoms with Gasteiger partial charge in [0, 0.05) is 25.2 Å². The van der Waals surface area contributed by atoms with Crippen molar-refractivity contribution < 1.29 is 8.42 Å². The minimum Gasteiger partial charge on any atom is -0.309 e. The maximum Gasteiger partial charge on any atom is 0.243 e. The molecule has 1 aliphatic heterocycles. The Bertz CT molecular complexity index is 648. The van der Waals surface area contributed by atoms with Crippen LogP contribution in [0.3, 0.4) is 0 Å². The minimum atomic E-state index is -3.58. The van der Waals surface area contributed by atoms with E-state index in [1.54, 1.807) is 0 Å². The summed E-state index contributed by atoms with van der Waals surface area (Å²) < 4.78 is 26.6. The van der Waals surface area contributed by atoms with Gasteiger partial charge in [0.2, 0.25) is 10.0 Å². The zero-order valence-corrected chi connectivity index (χ0v) is 14.1. The van der Waals surface area contributed by atoms with Gasteiger partial charge in [-0.1, -0.05) is 11.6 Å². The quantitative estimate of drug-likeness (QED) is 0.886. The zero-order valence-electron chi connectivity index (χ0n) is 11.7. The van der Waals surface area contributed by atoms with Crippen molar-refractivity contribution in [3.05, 3.63) is 28.8 Å². The van der Waals surface area contributed by atoms with Gasteiger partial charge in [-0.25, -0.2) is 8.42 Å². The fourth-order valence-corrected chi connectivity index (χ4v) is 4.30. The van der Waals surface area contributed by atoms with Crippen LogP contribution in [-0.4, -0.2) is 37.9 Å². The normalized spacial score (nSPS) is 23.1. The molecule has 2 rings (SSSR count). The Balaban J connectivity index is 0.00000220. The van der Waals surface area contributed by atoms with E-state index in [0.29, 0.717) is 13.1 Å². The fraction of sp³-hybridized carbons (Fsp3) is 0.462. The van der Waals surface area contributed by atoms with E-state index in [9.17, 15) is 8.42 Å². The first kappa shape index (κ1) is 18.2. The smallest absolute Gasteiger partial charge is 0.243 e. The van der Waals surface area contributed by atoms with Gasteiger partial charge in [0.05, 0.1) is 15.5 Å². The second-order valence-corrected chi connectivity index (χ2v) is 7.39. The molecule has 1 aromatic carbocycles. The van der Waals surface area contributed by atoms with Crippen molar-refractivity contribution in [2.75, 3.05) is 13.1 Å². The van der Waals surface area contributed by atoms with Gasteiger partial charge in [0.25, 0.3) is 0 Å². The number of nitrogens with zero attached hydrogens (tertiary/aromatic N) is 2. The summed E-state index contributed by atoms with van der Waals surface area (Å²) in [4.78, 5) is 0.128. The molecular weight excluding hydrogens is 333 g/mol. The molecule has 1 aliphatic rings. The molecule has 1 heterocycles. The van der Waals surface area contributed by atoms with Gasteiger partial charge < -0.3 is 5.32 Å². The van der Waals surface area contributed by atoms with Gasteiger partial charge in [-0.15, -0.1) is 12.4 Å². The zero-order chi connectivity index (χ0) is 14.9. The summed E-state index contributed by atoms with van der Waals surface area (Å²) in [6.45, 7) is 4.74. The van der Waals surface area contributed by atoms with Crippen LogP contribution in [0.5, 0.6) is 0 Å². The van der Waals surface area contributed by atoms with Crippen molar-refractivity contribution in [2.24, 2.45) is 0 Å². The van der Waals surface area contributed by atoms with Crippen molar-refractivity contribution in [2.45, 2.75) is 30.8 Å². The average molecular weight is 350 g/mol. The molecule has 0 spiro atoms. The number of sulfonamides is 1. The van der Waals surface area contributed by atoms with Crippen LogP contribution in [0.2, 0.25) is 5.02 Å². The van der Waals surface area contributed by atoms with Gasteiger partial charge in [-0.05, 0) is 32.0 Å². The molecule has 0 saturated carbocycles. The lowest BCUT2D eigenvalue weighted by Gasteiger charge is -2.35. The maximum absolute atomic E-state index is 12.6. The number of benzene rings is 1. The number of nitrogens with one attached hydrogen (secondary N) is 1. The first-order valence-electron chi connectivity index (χ1n) is 6.30. The van der Waals surface area contributed by atoms with Crippen molar-refractivity contribution in [1.82, 2.24) is 9.62 Å². The predicted octanol–water partition coefficient (Wildman–Crippen LogP) is 2.00. The molecule has 0 aliphatic carbocycles. The summed E-state index contributed by atoms with van der Waals surface area (Å²) >= 11 is 5.91. The molecule has 0 amide bonds. The van der Waals surface area contributed by atoms with Crippen LogP contribution < -0.4 is 5.32 Å². The number of piperazine rings is 1. The standard InChI is InChI=1S/C13H16ClN3O2S.ClH/c1-9-7-17(8-10(2)16-9)20(18,19)12-4-3-11(6-15)13(14)5-12;/h3-5,9-10,16H,7-8H2,1-2H3;1H. The monoisotopic (exact) mass is 349 g/mol. The fourth-order valence-electron chi connectivity index (χ4n) is 2.37. The van der Waals surface area contributed by atoms with Crippen LogP contribution in [-0.2, 0) is 10.0 Å². The largest absolute Gasteiger partial charge is 0.309 e. The SMILES string of the molecule is CC1CN(S(=O)(=O)c2ccc(C#N)c(Cl)c2)CC(C)N1.Cl. The van der Waals surface area contributed by atoms with Crippen molar-refractivity contribution in [3.63, 3.8) is 0 Å². The third-order valence-electron chi connectivity index (χ3n) is 3.22. The highest BCUT2D eigenvalue weighted by molar-refractivity contribution is 7.89. The lowest BCUT2D eigenvalue weighted by atomic mass is 10.2. The van der Waals surface area contributed by atoms with E-state index in [1.807, 2.05) is 19.9 Å². The molecule has 21 heavy (non-hydrogen) atoms. The number of nitriles is 1. The summed E-state index contributed by atoms with van der Waals surface area (Å²) in [5.41, 5.74) is 0.271. The Morgan fingerprint density at radius 1 is 1.33 bits per heavy atom. The van der Waals surface area contributed by atoms with Crippen molar-refractivity contribution >= 4 is 34.0 Å². The molecule has 2 unspecified atom stereocenters. The molecule has 1 aromatic rings. The Kier molecular flexibility index (Phi) is 6.02. The van der Waals surface area contributed by atoms with Crippen LogP contribution in [0.15, 0.2) is 23.1 Å². The molecule has 0 radical (unpaired) electrons. The van der Waals surface area contributed by atoms with Crippen LogP contribution in [0.1, 0.15) is 19.4 Å². The van der Waals surface area contributed by atoms with Crippen LogP contribution in [0.25, 0.3) is 0 Å². The molecule has 5 nitrogen and oxygen atoms in total. The summed E-state index contributed by atoms with van der Waals surface area (Å²) in [5.74, 6) is 0. The summed E-state index contributed by atoms with van der Waals surface area (Å²) in [6.07, 6.45) is 0. The van der Waals surface area contributed by atoms with Crippen molar-refractivity contribution in [1.29, 1.82) is 5.26 Å². The molecule has 8 heteroatoms. The number of rotatable bonds is 2. The second-order valence-electron chi connectivity index (χ2n) is 5.04. The highest BCUT2D eigenvalue weighted by atomic mass is 35.5. The maximum atomic E-state index is 12.6. The number of hydrogen-bond donors (Lipinski definition) is 1. The van der Waals surface area contributed by atoms with E-state index in [1.165, 1.54) is 22.5 Å². The summed E-state index contributed by atoms with van der Waals surface area (Å²) in [5, 5.41) is 12.3. The van der Waals surface area contributed by atoms with Gasteiger partial charge in [-0.3, -0.25) is 0 Å². The molecule has 2 atom stereocenters. The van der Waals surface area contributed by atoms with E-state index < -0.39 is 10.0 Å². The van der Waals surface area contributed by atoms with Gasteiger partial charge in [0.15, 0.2) is 0 Å². The predicted molar refractivity (Wildman–Crippen MR) is 84.2 cm³/mol. The first-order chi connectivity index (χ1) is 9.34. The second kappa shape index (κ2) is 6.95. The Morgan fingerprint density at radius 3 is 2.38 bits per heavy atom. The Hall–Kier alpha value is -0.840. The third kappa shape index (κ3) is 3.87. The van der Waals surface area contributed by atoms with Crippen LogP contribution in [0, 0.1) is 11.3 Å². The molecule has 1 fully saturated rings. The molecule has 1 saturated heterocycles. The summed E-state index contributed by atoms with van der Waals surface area (Å²) in [6, 6.07) is 6.32. The number of hydrogen-bond acceptors (Lipinski definition) is 4. The third-order valence-corrected chi connectivity index (χ3v) is 5.36. The molecular formula is C13H17Cl2N3O2S. The van der Waals surface area contributed by atoms with E-state index in [0.717, 1.165) is 0 Å². The topological polar surface area (TPSA) is 73.2 Å². The van der Waals surface area contributed by atoms with E-state index in [4.69, 9.17) is 16.9 Å². The minimum absolute atomic E-state index is 0. The molecule has 0 aromatic heterocycles. The lowest BCUT2D eigenvalue weighted by Crippen LogP contribution is -2.55. The molecule has 0 bridgehead atoms. The van der Waals surface area contributed by atoms with Gasteiger partial charge in [-0.2, -0.15) is 9.57 Å². The molecule has 116 valence electrons. The van der Waals surface area contributed by atoms with Crippen LogP contribution >= 0.6 is 24.0 Å². The Morgan fingerprint density at radius 2 is 1.90 bits per heavy atom. The molecule has 1 N–H and O–H groups in total. The van der Waals surface area contributed by atoms with Crippen molar-refractivity contribution in [3.8, 4) is 6.07 Å². The number of halogens is 2. The van der Waals surface area contributed by atoms with E-state index >= 15 is 0 Å². The van der Waals surface area contributed by atoms with Gasteiger partial charge >= 0.3 is 0 Å². The highest BCUT2D eigenvalue weighted by Crippen LogP contribution is 2.24. The van der Waals surface area contributed by atoms with Crippen LogP contribution in [0.4, 0.5) is 0 Å². The first-order valence-corrected chi connectivity index (χ1v) is 8.12. The average Bonchev–Trinajstić information content (AvgIpc) is 2.37. The summed E-state index contributed by atoms with van der Waals surface area (Å²) in [7, 11) is -3.58. The highest BCUT2D eigenvalue weighted by Gasteiger charge is 2.31. The van der Waals surface area contributed by atoms with Gasteiger partial charge in [0.1, 0.15) is 6.07 Å².